The van der Waals surface area contributed by atoms with Gasteiger partial charge in [0, 0.05) is 0 Å². The van der Waals surface area contributed by atoms with Gasteiger partial charge < -0.3 is 4.42 Å². The van der Waals surface area contributed by atoms with Crippen LogP contribution in [0.15, 0.2) is 88.1 Å². The molecule has 1 aromatic heterocycles. The van der Waals surface area contributed by atoms with E-state index >= 15 is 0 Å². The Bertz CT molecular complexity index is 1440. The molecule has 1 aliphatic carbocycles. The lowest BCUT2D eigenvalue weighted by atomic mass is 9.94. The molecule has 0 atom stereocenters. The molecule has 0 aliphatic heterocycles. The fourth-order valence-corrected chi connectivity index (χ4v) is 3.95. The van der Waals surface area contributed by atoms with Crippen LogP contribution in [0.1, 0.15) is 24.0 Å². The van der Waals surface area contributed by atoms with Gasteiger partial charge in [0.25, 0.3) is 0 Å². The van der Waals surface area contributed by atoms with E-state index in [-0.39, 0.29) is 16.4 Å². The molecule has 1 aliphatic rings. The molecule has 0 N–H and O–H groups in total. The minimum absolute atomic E-state index is 0.0765. The van der Waals surface area contributed by atoms with Crippen LogP contribution in [0.3, 0.4) is 0 Å². The van der Waals surface area contributed by atoms with E-state index in [2.05, 4.69) is 24.3 Å². The Hall–Kier alpha value is -3.60. The van der Waals surface area contributed by atoms with Gasteiger partial charge >= 0.3 is 6.18 Å². The lowest BCUT2D eigenvalue weighted by Gasteiger charge is -2.12. The molecule has 4 aromatic rings. The first-order valence-corrected chi connectivity index (χ1v) is 9.94. The highest BCUT2D eigenvalue weighted by atomic mass is 19.4. The van der Waals surface area contributed by atoms with E-state index in [1.165, 1.54) is 11.6 Å². The van der Waals surface area contributed by atoms with E-state index < -0.39 is 17.2 Å². The van der Waals surface area contributed by atoms with Crippen molar-refractivity contribution in [2.45, 2.75) is 19.0 Å². The first-order chi connectivity index (χ1) is 14.9. The van der Waals surface area contributed by atoms with Gasteiger partial charge in [-0.25, -0.2) is 0 Å². The first kappa shape index (κ1) is 19.4. The van der Waals surface area contributed by atoms with Crippen LogP contribution in [-0.4, -0.2) is 0 Å². The predicted molar refractivity (Wildman–Crippen MR) is 117 cm³/mol. The Morgan fingerprint density at radius 2 is 1.52 bits per heavy atom. The van der Waals surface area contributed by atoms with E-state index in [1.807, 2.05) is 24.3 Å². The number of halogens is 3. The Kier molecular flexibility index (Phi) is 4.54. The molecule has 0 saturated heterocycles. The van der Waals surface area contributed by atoms with Crippen molar-refractivity contribution in [3.8, 4) is 11.1 Å². The van der Waals surface area contributed by atoms with E-state index in [1.54, 1.807) is 12.1 Å². The summed E-state index contributed by atoms with van der Waals surface area (Å²) in [6.45, 7) is 0. The molecule has 0 radical (unpaired) electrons. The monoisotopic (exact) mass is 418 g/mol. The molecule has 5 rings (SSSR count). The van der Waals surface area contributed by atoms with Gasteiger partial charge in [-0.1, -0.05) is 42.5 Å². The molecule has 0 amide bonds. The number of hydrogen-bond acceptors (Lipinski definition) is 2. The molecule has 154 valence electrons. The maximum atomic E-state index is 13.1. The summed E-state index contributed by atoms with van der Waals surface area (Å²) >= 11 is 0. The predicted octanol–water partition coefficient (Wildman–Crippen LogP) is 7.37. The topological polar surface area (TPSA) is 30.2 Å². The van der Waals surface area contributed by atoms with Crippen molar-refractivity contribution in [2.75, 3.05) is 0 Å². The average molecular weight is 418 g/mol. The average Bonchev–Trinajstić information content (AvgIpc) is 2.79. The van der Waals surface area contributed by atoms with Crippen molar-refractivity contribution in [1.29, 1.82) is 0 Å². The van der Waals surface area contributed by atoms with Gasteiger partial charge in [0.15, 0.2) is 0 Å². The lowest BCUT2D eigenvalue weighted by Crippen LogP contribution is -2.08. The Morgan fingerprint density at radius 1 is 0.806 bits per heavy atom. The van der Waals surface area contributed by atoms with Gasteiger partial charge in [0.1, 0.15) is 11.2 Å². The van der Waals surface area contributed by atoms with Gasteiger partial charge in [-0.15, -0.1) is 0 Å². The lowest BCUT2D eigenvalue weighted by molar-refractivity contribution is -0.137. The third-order valence-electron chi connectivity index (χ3n) is 5.58. The maximum Gasteiger partial charge on any atom is 0.416 e. The molecule has 2 nitrogen and oxygen atoms in total. The van der Waals surface area contributed by atoms with Gasteiger partial charge in [-0.3, -0.25) is 4.79 Å². The standard InChI is InChI=1S/C26H17F3O2/c27-26(28,29)20-10-12-24-22(15-20)25(30)21-14-19(9-11-23(21)31-24)18-8-4-7-17(13-18)16-5-2-1-3-6-16/h1-2,4-5,7-15H,3,6H2. The Morgan fingerprint density at radius 3 is 2.26 bits per heavy atom. The van der Waals surface area contributed by atoms with Crippen molar-refractivity contribution in [3.63, 3.8) is 0 Å². The molecule has 0 unspecified atom stereocenters. The number of hydrogen-bond donors (Lipinski definition) is 0. The number of alkyl halides is 3. The van der Waals surface area contributed by atoms with Crippen molar-refractivity contribution in [1.82, 2.24) is 0 Å². The van der Waals surface area contributed by atoms with Crippen LogP contribution in [0.5, 0.6) is 0 Å². The fraction of sp³-hybridized carbons (Fsp3) is 0.115. The van der Waals surface area contributed by atoms with Crippen LogP contribution in [-0.2, 0) is 6.18 Å². The molecular weight excluding hydrogens is 401 g/mol. The van der Waals surface area contributed by atoms with Crippen molar-refractivity contribution < 1.29 is 17.6 Å². The highest BCUT2D eigenvalue weighted by molar-refractivity contribution is 5.92. The highest BCUT2D eigenvalue weighted by Crippen LogP contribution is 2.33. The summed E-state index contributed by atoms with van der Waals surface area (Å²) in [6, 6.07) is 16.3. The normalized spacial score (nSPS) is 14.2. The summed E-state index contributed by atoms with van der Waals surface area (Å²) in [5.74, 6) is 0. The van der Waals surface area contributed by atoms with E-state index in [9.17, 15) is 18.0 Å². The van der Waals surface area contributed by atoms with Gasteiger partial charge in [-0.2, -0.15) is 13.2 Å². The highest BCUT2D eigenvalue weighted by Gasteiger charge is 2.31. The van der Waals surface area contributed by atoms with Crippen LogP contribution in [0.4, 0.5) is 13.2 Å². The third-order valence-corrected chi connectivity index (χ3v) is 5.58. The second kappa shape index (κ2) is 7.27. The summed E-state index contributed by atoms with van der Waals surface area (Å²) in [5, 5.41) is 0.182. The van der Waals surface area contributed by atoms with E-state index in [0.29, 0.717) is 5.58 Å². The van der Waals surface area contributed by atoms with Crippen molar-refractivity contribution >= 4 is 27.5 Å². The largest absolute Gasteiger partial charge is 0.456 e. The van der Waals surface area contributed by atoms with Crippen molar-refractivity contribution in [3.05, 3.63) is 100 Å². The molecule has 0 spiro atoms. The minimum Gasteiger partial charge on any atom is -0.456 e. The summed E-state index contributed by atoms with van der Waals surface area (Å²) in [5.41, 5.74) is 3.23. The number of rotatable bonds is 2. The van der Waals surface area contributed by atoms with Gasteiger partial charge in [-0.05, 0) is 71.5 Å². The van der Waals surface area contributed by atoms with Crippen LogP contribution in [0, 0.1) is 0 Å². The third kappa shape index (κ3) is 3.56. The van der Waals surface area contributed by atoms with Crippen LogP contribution in [0.25, 0.3) is 38.6 Å². The molecule has 0 saturated carbocycles. The smallest absolute Gasteiger partial charge is 0.416 e. The number of fused-ring (bicyclic) bond motifs is 2. The summed E-state index contributed by atoms with van der Waals surface area (Å²) in [6.07, 6.45) is 3.72. The molecular formula is C26H17F3O2. The second-order valence-electron chi connectivity index (χ2n) is 7.59. The summed E-state index contributed by atoms with van der Waals surface area (Å²) < 4.78 is 45.0. The quantitative estimate of drug-likeness (QED) is 0.318. The zero-order valence-corrected chi connectivity index (χ0v) is 16.4. The van der Waals surface area contributed by atoms with Gasteiger partial charge in [0.2, 0.25) is 5.43 Å². The zero-order chi connectivity index (χ0) is 21.6. The first-order valence-electron chi connectivity index (χ1n) is 9.94. The van der Waals surface area contributed by atoms with Crippen LogP contribution in [0.2, 0.25) is 0 Å². The molecule has 3 aromatic carbocycles. The van der Waals surface area contributed by atoms with Crippen LogP contribution < -0.4 is 5.43 Å². The molecule has 5 heteroatoms. The molecule has 0 bridgehead atoms. The SMILES string of the molecule is O=c1c2cc(-c3cccc(C4=CC=CCC4)c3)ccc2oc2ccc(C(F)(F)F)cc12. The second-order valence-corrected chi connectivity index (χ2v) is 7.59. The molecule has 31 heavy (non-hydrogen) atoms. The fourth-order valence-electron chi connectivity index (χ4n) is 3.95. The number of allylic oxidation sites excluding steroid dienone is 4. The minimum atomic E-state index is -4.53. The van der Waals surface area contributed by atoms with Crippen molar-refractivity contribution in [2.24, 2.45) is 0 Å². The Labute approximate surface area is 175 Å². The number of benzene rings is 3. The summed E-state index contributed by atoms with van der Waals surface area (Å²) in [4.78, 5) is 13.0. The van der Waals surface area contributed by atoms with Gasteiger partial charge in [0.05, 0.1) is 16.3 Å². The molecule has 1 heterocycles. The Balaban J connectivity index is 1.65. The zero-order valence-electron chi connectivity index (χ0n) is 16.4. The van der Waals surface area contributed by atoms with E-state index in [0.717, 1.165) is 41.7 Å². The molecule has 0 fully saturated rings. The maximum absolute atomic E-state index is 13.1. The summed E-state index contributed by atoms with van der Waals surface area (Å²) in [7, 11) is 0. The van der Waals surface area contributed by atoms with Crippen LogP contribution >= 0.6 is 0 Å². The van der Waals surface area contributed by atoms with E-state index in [4.69, 9.17) is 4.42 Å².